The maximum atomic E-state index is 11.1. The molecule has 104 valence electrons. The minimum absolute atomic E-state index is 0.0302. The molecule has 5 heteroatoms. The quantitative estimate of drug-likeness (QED) is 0.682. The molecule has 0 saturated heterocycles. The van der Waals surface area contributed by atoms with Crippen LogP contribution in [0.15, 0.2) is 24.3 Å². The highest BCUT2D eigenvalue weighted by atomic mass is 16.4. The summed E-state index contributed by atoms with van der Waals surface area (Å²) < 4.78 is 0. The van der Waals surface area contributed by atoms with Crippen LogP contribution < -0.4 is 11.1 Å². The minimum atomic E-state index is -0.839. The number of aliphatic carboxylic acids is 1. The van der Waals surface area contributed by atoms with Gasteiger partial charge < -0.3 is 16.2 Å². The number of nitrogens with two attached hydrogens (primary N) is 1. The van der Waals surface area contributed by atoms with Crippen LogP contribution in [0.2, 0.25) is 0 Å². The number of carbonyl (C=O) groups is 2. The van der Waals surface area contributed by atoms with Crippen molar-refractivity contribution in [1.29, 1.82) is 0 Å². The fraction of sp³-hybridized carbons (Fsp3) is 0.429. The van der Waals surface area contributed by atoms with Crippen LogP contribution in [0.25, 0.3) is 0 Å². The molecule has 0 saturated carbocycles. The van der Waals surface area contributed by atoms with Crippen LogP contribution in [-0.4, -0.2) is 23.5 Å². The van der Waals surface area contributed by atoms with E-state index in [1.165, 1.54) is 0 Å². The maximum Gasteiger partial charge on any atom is 0.307 e. The number of benzene rings is 1. The summed E-state index contributed by atoms with van der Waals surface area (Å²) in [7, 11) is 0. The van der Waals surface area contributed by atoms with Crippen LogP contribution in [0.4, 0.5) is 0 Å². The van der Waals surface area contributed by atoms with Crippen molar-refractivity contribution in [2.24, 2.45) is 11.1 Å². The largest absolute Gasteiger partial charge is 0.481 e. The molecule has 0 spiro atoms. The summed E-state index contributed by atoms with van der Waals surface area (Å²) in [5, 5.41) is 11.8. The highest BCUT2D eigenvalue weighted by Crippen LogP contribution is 2.12. The first-order chi connectivity index (χ1) is 8.81. The molecule has 4 N–H and O–H groups in total. The van der Waals surface area contributed by atoms with Crippen molar-refractivity contribution in [2.45, 2.75) is 26.8 Å². The number of carbonyl (C=O) groups excluding carboxylic acids is 1. The number of hydrogen-bond acceptors (Lipinski definition) is 3. The van der Waals surface area contributed by atoms with Crippen molar-refractivity contribution in [3.8, 4) is 0 Å². The van der Waals surface area contributed by atoms with Gasteiger partial charge in [-0.05, 0) is 25.0 Å². The van der Waals surface area contributed by atoms with E-state index in [2.05, 4.69) is 5.32 Å². The van der Waals surface area contributed by atoms with Crippen LogP contribution in [-0.2, 0) is 22.6 Å². The predicted molar refractivity (Wildman–Crippen MR) is 72.5 cm³/mol. The molecule has 0 aliphatic rings. The number of carboxylic acids is 1. The van der Waals surface area contributed by atoms with Crippen molar-refractivity contribution in [2.75, 3.05) is 6.54 Å². The Morgan fingerprint density at radius 3 is 2.21 bits per heavy atom. The van der Waals surface area contributed by atoms with Crippen molar-refractivity contribution >= 4 is 11.9 Å². The Labute approximate surface area is 112 Å². The second-order valence-electron chi connectivity index (χ2n) is 5.24. The monoisotopic (exact) mass is 264 g/mol. The van der Waals surface area contributed by atoms with Crippen LogP contribution in [0, 0.1) is 5.41 Å². The van der Waals surface area contributed by atoms with Gasteiger partial charge in [0.05, 0.1) is 11.8 Å². The Balaban J connectivity index is 2.46. The van der Waals surface area contributed by atoms with Gasteiger partial charge >= 0.3 is 5.97 Å². The number of hydrogen-bond donors (Lipinski definition) is 3. The van der Waals surface area contributed by atoms with Gasteiger partial charge in [-0.3, -0.25) is 9.59 Å². The molecule has 1 amide bonds. The fourth-order valence-corrected chi connectivity index (χ4v) is 1.56. The van der Waals surface area contributed by atoms with Gasteiger partial charge in [0, 0.05) is 13.1 Å². The summed E-state index contributed by atoms with van der Waals surface area (Å²) in [4.78, 5) is 21.7. The lowest BCUT2D eigenvalue weighted by molar-refractivity contribution is -0.136. The van der Waals surface area contributed by atoms with Gasteiger partial charge in [0.2, 0.25) is 5.91 Å². The molecule has 0 radical (unpaired) electrons. The van der Waals surface area contributed by atoms with Crippen LogP contribution >= 0.6 is 0 Å². The normalized spacial score (nSPS) is 11.3. The third kappa shape index (κ3) is 5.09. The van der Waals surface area contributed by atoms with Gasteiger partial charge in [-0.2, -0.15) is 0 Å². The SMILES string of the molecule is CC(C)(CNCc1ccc(CC(=O)O)cc1)C(N)=O. The molecule has 1 aromatic rings. The molecule has 1 rings (SSSR count). The van der Waals surface area contributed by atoms with E-state index in [1.54, 1.807) is 26.0 Å². The van der Waals surface area contributed by atoms with E-state index in [0.29, 0.717) is 13.1 Å². The summed E-state index contributed by atoms with van der Waals surface area (Å²) in [5.41, 5.74) is 6.51. The Morgan fingerprint density at radius 2 is 1.74 bits per heavy atom. The molecule has 0 aromatic heterocycles. The van der Waals surface area contributed by atoms with E-state index < -0.39 is 11.4 Å². The lowest BCUT2D eigenvalue weighted by Gasteiger charge is -2.20. The zero-order valence-corrected chi connectivity index (χ0v) is 11.3. The topological polar surface area (TPSA) is 92.4 Å². The molecule has 0 aliphatic carbocycles. The van der Waals surface area contributed by atoms with Crippen molar-refractivity contribution in [1.82, 2.24) is 5.32 Å². The average molecular weight is 264 g/mol. The second-order valence-corrected chi connectivity index (χ2v) is 5.24. The Hall–Kier alpha value is -1.88. The van der Waals surface area contributed by atoms with Gasteiger partial charge in [-0.15, -0.1) is 0 Å². The first-order valence-electron chi connectivity index (χ1n) is 6.11. The zero-order valence-electron chi connectivity index (χ0n) is 11.3. The van der Waals surface area contributed by atoms with E-state index in [9.17, 15) is 9.59 Å². The Kier molecular flexibility index (Phi) is 5.06. The van der Waals surface area contributed by atoms with Crippen LogP contribution in [0.3, 0.4) is 0 Å². The number of amides is 1. The summed E-state index contributed by atoms with van der Waals surface area (Å²) in [6.45, 7) is 4.69. The highest BCUT2D eigenvalue weighted by Gasteiger charge is 2.23. The van der Waals surface area contributed by atoms with Gasteiger partial charge in [0.15, 0.2) is 0 Å². The summed E-state index contributed by atoms with van der Waals surface area (Å²) in [5.74, 6) is -1.18. The Morgan fingerprint density at radius 1 is 1.21 bits per heavy atom. The Bertz CT molecular complexity index is 452. The van der Waals surface area contributed by atoms with E-state index in [-0.39, 0.29) is 12.3 Å². The van der Waals surface area contributed by atoms with Crippen molar-refractivity contribution in [3.05, 3.63) is 35.4 Å². The van der Waals surface area contributed by atoms with Gasteiger partial charge in [0.25, 0.3) is 0 Å². The van der Waals surface area contributed by atoms with E-state index in [1.807, 2.05) is 12.1 Å². The summed E-state index contributed by atoms with van der Waals surface area (Å²) >= 11 is 0. The number of nitrogens with one attached hydrogen (secondary N) is 1. The third-order valence-electron chi connectivity index (χ3n) is 2.94. The lowest BCUT2D eigenvalue weighted by Crippen LogP contribution is -2.40. The maximum absolute atomic E-state index is 11.1. The predicted octanol–water partition coefficient (Wildman–Crippen LogP) is 0.915. The molecule has 0 atom stereocenters. The first kappa shape index (κ1) is 15.2. The highest BCUT2D eigenvalue weighted by molar-refractivity contribution is 5.80. The molecular formula is C14H20N2O3. The molecule has 5 nitrogen and oxygen atoms in total. The molecular weight excluding hydrogens is 244 g/mol. The molecule has 0 unspecified atom stereocenters. The second kappa shape index (κ2) is 6.33. The number of carboxylic acid groups (broad SMARTS) is 1. The van der Waals surface area contributed by atoms with Gasteiger partial charge in [0.1, 0.15) is 0 Å². The summed E-state index contributed by atoms with van der Waals surface area (Å²) in [6, 6.07) is 7.35. The van der Waals surface area contributed by atoms with E-state index in [4.69, 9.17) is 10.8 Å². The number of primary amides is 1. The molecule has 19 heavy (non-hydrogen) atoms. The summed E-state index contributed by atoms with van der Waals surface area (Å²) in [6.07, 6.45) is 0.0302. The average Bonchev–Trinajstić information content (AvgIpc) is 2.30. The number of rotatable bonds is 7. The van der Waals surface area contributed by atoms with E-state index >= 15 is 0 Å². The van der Waals surface area contributed by atoms with E-state index in [0.717, 1.165) is 11.1 Å². The third-order valence-corrected chi connectivity index (χ3v) is 2.94. The first-order valence-corrected chi connectivity index (χ1v) is 6.11. The van der Waals surface area contributed by atoms with Crippen molar-refractivity contribution in [3.63, 3.8) is 0 Å². The zero-order chi connectivity index (χ0) is 14.5. The standard InChI is InChI=1S/C14H20N2O3/c1-14(2,13(15)19)9-16-8-11-5-3-10(4-6-11)7-12(17)18/h3-6,16H,7-9H2,1-2H3,(H2,15,19)(H,17,18). The van der Waals surface area contributed by atoms with Crippen molar-refractivity contribution < 1.29 is 14.7 Å². The minimum Gasteiger partial charge on any atom is -0.481 e. The molecule has 1 aromatic carbocycles. The lowest BCUT2D eigenvalue weighted by atomic mass is 9.93. The fourth-order valence-electron chi connectivity index (χ4n) is 1.56. The van der Waals surface area contributed by atoms with Crippen LogP contribution in [0.5, 0.6) is 0 Å². The molecule has 0 bridgehead atoms. The molecule has 0 fully saturated rings. The van der Waals surface area contributed by atoms with Gasteiger partial charge in [-0.25, -0.2) is 0 Å². The van der Waals surface area contributed by atoms with Crippen LogP contribution in [0.1, 0.15) is 25.0 Å². The molecule has 0 heterocycles. The molecule has 0 aliphatic heterocycles. The smallest absolute Gasteiger partial charge is 0.307 e. The van der Waals surface area contributed by atoms with Gasteiger partial charge in [-0.1, -0.05) is 24.3 Å².